The molecule has 0 aromatic heterocycles. The predicted molar refractivity (Wildman–Crippen MR) is 95.9 cm³/mol. The Balaban J connectivity index is 1.96. The number of unbranched alkanes of at least 4 members (excludes halogenated alkanes) is 1. The number of hydrogen-bond donors (Lipinski definition) is 1. The predicted octanol–water partition coefficient (Wildman–Crippen LogP) is 3.63. The zero-order valence-electron chi connectivity index (χ0n) is 14.6. The summed E-state index contributed by atoms with van der Waals surface area (Å²) in [5, 5.41) is 2.68. The number of hydrogen-bond acceptors (Lipinski definition) is 2. The summed E-state index contributed by atoms with van der Waals surface area (Å²) in [6, 6.07) is 12.8. The van der Waals surface area contributed by atoms with Crippen LogP contribution >= 0.6 is 0 Å². The van der Waals surface area contributed by atoms with Crippen LogP contribution < -0.4 is 5.32 Å². The van der Waals surface area contributed by atoms with Crippen LogP contribution in [0, 0.1) is 5.82 Å². The average Bonchev–Trinajstić information content (AvgIpc) is 2.64. The third-order valence-corrected chi connectivity index (χ3v) is 3.99. The van der Waals surface area contributed by atoms with Crippen molar-refractivity contribution in [3.8, 4) is 0 Å². The molecule has 0 atom stereocenters. The standard InChI is InChI=1S/C20H23FN2O2/c1-3-4-13-23(2)20(25)16-11-9-15(10-12-16)19(24)22-14-17-7-5-6-8-18(17)21/h5-12H,3-4,13-14H2,1-2H3,(H,22,24). The van der Waals surface area contributed by atoms with Gasteiger partial charge in [-0.05, 0) is 36.8 Å². The molecule has 2 amide bonds. The molecule has 2 aromatic carbocycles. The lowest BCUT2D eigenvalue weighted by Gasteiger charge is -2.16. The van der Waals surface area contributed by atoms with Crippen molar-refractivity contribution in [1.29, 1.82) is 0 Å². The summed E-state index contributed by atoms with van der Waals surface area (Å²) >= 11 is 0. The van der Waals surface area contributed by atoms with E-state index < -0.39 is 0 Å². The number of amides is 2. The minimum absolute atomic E-state index is 0.0632. The molecule has 0 unspecified atom stereocenters. The van der Waals surface area contributed by atoms with Crippen LogP contribution in [0.1, 0.15) is 46.0 Å². The lowest BCUT2D eigenvalue weighted by molar-refractivity contribution is 0.0792. The van der Waals surface area contributed by atoms with Crippen LogP contribution in [-0.4, -0.2) is 30.3 Å². The van der Waals surface area contributed by atoms with Crippen LogP contribution in [0.5, 0.6) is 0 Å². The summed E-state index contributed by atoms with van der Waals surface area (Å²) < 4.78 is 13.6. The van der Waals surface area contributed by atoms with Gasteiger partial charge >= 0.3 is 0 Å². The van der Waals surface area contributed by atoms with Crippen LogP contribution in [0.4, 0.5) is 4.39 Å². The van der Waals surface area contributed by atoms with Gasteiger partial charge in [-0.3, -0.25) is 9.59 Å². The van der Waals surface area contributed by atoms with Gasteiger partial charge in [-0.25, -0.2) is 4.39 Å². The van der Waals surface area contributed by atoms with Crippen molar-refractivity contribution in [3.05, 3.63) is 71.0 Å². The summed E-state index contributed by atoms with van der Waals surface area (Å²) in [5.74, 6) is -0.716. The zero-order valence-corrected chi connectivity index (χ0v) is 14.6. The summed E-state index contributed by atoms with van der Waals surface area (Å²) in [5.41, 5.74) is 1.41. The topological polar surface area (TPSA) is 49.4 Å². The van der Waals surface area contributed by atoms with Crippen LogP contribution in [-0.2, 0) is 6.54 Å². The van der Waals surface area contributed by atoms with Gasteiger partial charge < -0.3 is 10.2 Å². The van der Waals surface area contributed by atoms with Gasteiger partial charge in [0.15, 0.2) is 0 Å². The third kappa shape index (κ3) is 5.14. The molecule has 0 saturated carbocycles. The Morgan fingerprint density at radius 1 is 1.04 bits per heavy atom. The molecule has 0 spiro atoms. The first-order valence-electron chi connectivity index (χ1n) is 8.40. The van der Waals surface area contributed by atoms with Gasteiger partial charge in [0.1, 0.15) is 5.82 Å². The minimum Gasteiger partial charge on any atom is -0.348 e. The van der Waals surface area contributed by atoms with E-state index in [2.05, 4.69) is 12.2 Å². The first-order chi connectivity index (χ1) is 12.0. The molecular formula is C20H23FN2O2. The van der Waals surface area contributed by atoms with Gasteiger partial charge in [-0.2, -0.15) is 0 Å². The maximum Gasteiger partial charge on any atom is 0.253 e. The van der Waals surface area contributed by atoms with E-state index in [-0.39, 0.29) is 24.2 Å². The van der Waals surface area contributed by atoms with Crippen molar-refractivity contribution < 1.29 is 14.0 Å². The van der Waals surface area contributed by atoms with Crippen molar-refractivity contribution in [2.75, 3.05) is 13.6 Å². The normalized spacial score (nSPS) is 10.4. The number of rotatable bonds is 7. The third-order valence-electron chi connectivity index (χ3n) is 3.99. The number of benzene rings is 2. The highest BCUT2D eigenvalue weighted by Gasteiger charge is 2.12. The highest BCUT2D eigenvalue weighted by molar-refractivity contribution is 5.97. The van der Waals surface area contributed by atoms with E-state index in [9.17, 15) is 14.0 Å². The summed E-state index contributed by atoms with van der Waals surface area (Å²) in [6.45, 7) is 2.90. The smallest absolute Gasteiger partial charge is 0.253 e. The Hall–Kier alpha value is -2.69. The molecule has 2 aromatic rings. The van der Waals surface area contributed by atoms with Crippen LogP contribution in [0.25, 0.3) is 0 Å². The minimum atomic E-state index is -0.348. The molecule has 132 valence electrons. The largest absolute Gasteiger partial charge is 0.348 e. The quantitative estimate of drug-likeness (QED) is 0.835. The van der Waals surface area contributed by atoms with E-state index in [1.807, 2.05) is 0 Å². The fourth-order valence-electron chi connectivity index (χ4n) is 2.40. The molecule has 0 aliphatic heterocycles. The number of halogens is 1. The molecule has 0 heterocycles. The van der Waals surface area contributed by atoms with Crippen LogP contribution in [0.15, 0.2) is 48.5 Å². The number of carbonyl (C=O) groups is 2. The molecule has 25 heavy (non-hydrogen) atoms. The van der Waals surface area contributed by atoms with E-state index in [0.717, 1.165) is 12.8 Å². The molecule has 0 saturated heterocycles. The van der Waals surface area contributed by atoms with Gasteiger partial charge in [0.25, 0.3) is 11.8 Å². The molecule has 5 heteroatoms. The zero-order chi connectivity index (χ0) is 18.2. The SMILES string of the molecule is CCCCN(C)C(=O)c1ccc(C(=O)NCc2ccccc2F)cc1. The second kappa shape index (κ2) is 8.97. The Labute approximate surface area is 147 Å². The van der Waals surface area contributed by atoms with Gasteiger partial charge in [0.05, 0.1) is 0 Å². The van der Waals surface area contributed by atoms with Crippen LogP contribution in [0.3, 0.4) is 0 Å². The molecule has 0 aliphatic rings. The van der Waals surface area contributed by atoms with E-state index in [1.165, 1.54) is 6.07 Å². The summed E-state index contributed by atoms with van der Waals surface area (Å²) in [4.78, 5) is 26.1. The molecule has 0 fully saturated rings. The maximum atomic E-state index is 13.6. The molecule has 0 bridgehead atoms. The molecule has 0 aliphatic carbocycles. The van der Waals surface area contributed by atoms with Crippen molar-refractivity contribution in [1.82, 2.24) is 10.2 Å². The molecule has 0 radical (unpaired) electrons. The second-order valence-electron chi connectivity index (χ2n) is 5.93. The van der Waals surface area contributed by atoms with E-state index in [1.54, 1.807) is 54.4 Å². The lowest BCUT2D eigenvalue weighted by atomic mass is 10.1. The summed E-state index contributed by atoms with van der Waals surface area (Å²) in [7, 11) is 1.77. The Morgan fingerprint density at radius 2 is 1.68 bits per heavy atom. The van der Waals surface area contributed by atoms with E-state index in [4.69, 9.17) is 0 Å². The molecular weight excluding hydrogens is 319 g/mol. The monoisotopic (exact) mass is 342 g/mol. The van der Waals surface area contributed by atoms with Gasteiger partial charge in [0.2, 0.25) is 0 Å². The van der Waals surface area contributed by atoms with Crippen molar-refractivity contribution in [2.45, 2.75) is 26.3 Å². The number of carbonyl (C=O) groups excluding carboxylic acids is 2. The fraction of sp³-hybridized carbons (Fsp3) is 0.300. The number of nitrogens with zero attached hydrogens (tertiary/aromatic N) is 1. The Bertz CT molecular complexity index is 729. The molecule has 4 nitrogen and oxygen atoms in total. The fourth-order valence-corrected chi connectivity index (χ4v) is 2.40. The Morgan fingerprint density at radius 3 is 2.32 bits per heavy atom. The van der Waals surface area contributed by atoms with Crippen molar-refractivity contribution in [2.24, 2.45) is 0 Å². The van der Waals surface area contributed by atoms with Gasteiger partial charge in [-0.1, -0.05) is 31.5 Å². The lowest BCUT2D eigenvalue weighted by Crippen LogP contribution is -2.28. The summed E-state index contributed by atoms with van der Waals surface area (Å²) in [6.07, 6.45) is 1.98. The average molecular weight is 342 g/mol. The van der Waals surface area contributed by atoms with Gasteiger partial charge in [-0.15, -0.1) is 0 Å². The van der Waals surface area contributed by atoms with E-state index in [0.29, 0.717) is 23.2 Å². The van der Waals surface area contributed by atoms with E-state index >= 15 is 0 Å². The maximum absolute atomic E-state index is 13.6. The van der Waals surface area contributed by atoms with Crippen molar-refractivity contribution in [3.63, 3.8) is 0 Å². The second-order valence-corrected chi connectivity index (χ2v) is 5.93. The Kier molecular flexibility index (Phi) is 6.69. The molecule has 1 N–H and O–H groups in total. The first kappa shape index (κ1) is 18.6. The van der Waals surface area contributed by atoms with Gasteiger partial charge in [0, 0.05) is 36.8 Å². The van der Waals surface area contributed by atoms with Crippen molar-refractivity contribution >= 4 is 11.8 Å². The first-order valence-corrected chi connectivity index (χ1v) is 8.40. The highest BCUT2D eigenvalue weighted by atomic mass is 19.1. The highest BCUT2D eigenvalue weighted by Crippen LogP contribution is 2.09. The molecule has 2 rings (SSSR count). The number of nitrogens with one attached hydrogen (secondary N) is 1. The van der Waals surface area contributed by atoms with Crippen LogP contribution in [0.2, 0.25) is 0 Å².